The first kappa shape index (κ1) is 26.6. The Kier molecular flexibility index (Phi) is 6.81. The van der Waals surface area contributed by atoms with Gasteiger partial charge in [0.05, 0.1) is 5.75 Å². The van der Waals surface area contributed by atoms with Crippen LogP contribution in [-0.4, -0.2) is 48.3 Å². The van der Waals surface area contributed by atoms with Crippen LogP contribution in [0.25, 0.3) is 34.0 Å². The normalized spacial score (nSPS) is 14.0. The fourth-order valence-electron chi connectivity index (χ4n) is 4.52. The number of aliphatic hydroxyl groups is 1. The molecule has 1 aliphatic rings. The van der Waals surface area contributed by atoms with Gasteiger partial charge in [-0.3, -0.25) is 4.79 Å². The van der Waals surface area contributed by atoms with Crippen LogP contribution in [0.5, 0.6) is 0 Å². The van der Waals surface area contributed by atoms with Crippen molar-refractivity contribution in [1.29, 1.82) is 0 Å². The summed E-state index contributed by atoms with van der Waals surface area (Å²) < 4.78 is 75.6. The van der Waals surface area contributed by atoms with E-state index in [2.05, 4.69) is 15.6 Å². The molecule has 0 fully saturated rings. The number of carbonyl (C=O) groups is 1. The Hall–Kier alpha value is -3.97. The first-order chi connectivity index (χ1) is 18.4. The predicted octanol–water partition coefficient (Wildman–Crippen LogP) is 3.98. The van der Waals surface area contributed by atoms with Crippen LogP contribution in [0.1, 0.15) is 28.4 Å². The Morgan fingerprint density at radius 2 is 1.74 bits per heavy atom. The maximum Gasteiger partial charge on any atom is 0.422 e. The second-order valence-corrected chi connectivity index (χ2v) is 11.4. The predicted molar refractivity (Wildman–Crippen MR) is 133 cm³/mol. The number of aliphatic hydroxyl groups excluding tert-OH is 1. The lowest BCUT2D eigenvalue weighted by Crippen LogP contribution is -2.33. The molecule has 0 bridgehead atoms. The molecule has 5 rings (SSSR count). The summed E-state index contributed by atoms with van der Waals surface area (Å²) in [6.45, 7) is -0.141. The summed E-state index contributed by atoms with van der Waals surface area (Å²) in [7, 11) is -3.28. The van der Waals surface area contributed by atoms with Crippen molar-refractivity contribution in [2.45, 2.75) is 25.1 Å². The molecule has 0 aliphatic heterocycles. The maximum absolute atomic E-state index is 14.2. The molecular weight excluding hydrogens is 539 g/mol. The van der Waals surface area contributed by atoms with Crippen LogP contribution in [0.3, 0.4) is 0 Å². The van der Waals surface area contributed by atoms with E-state index in [-0.39, 0.29) is 41.3 Å². The van der Waals surface area contributed by atoms with Crippen molar-refractivity contribution in [3.63, 3.8) is 0 Å². The Labute approximate surface area is 220 Å². The second-order valence-electron chi connectivity index (χ2n) is 9.18. The fraction of sp³-hybridized carbons (Fsp3) is 0.269. The van der Waals surface area contributed by atoms with Gasteiger partial charge in [0.2, 0.25) is 0 Å². The highest BCUT2D eigenvalue weighted by molar-refractivity contribution is 7.90. The molecule has 0 radical (unpaired) electrons. The number of alkyl halides is 3. The number of nitrogens with zero attached hydrogens (tertiary/aromatic N) is 2. The van der Waals surface area contributed by atoms with E-state index in [0.29, 0.717) is 23.1 Å². The van der Waals surface area contributed by atoms with E-state index >= 15 is 0 Å². The van der Waals surface area contributed by atoms with Crippen molar-refractivity contribution in [2.24, 2.45) is 0 Å². The third-order valence-electron chi connectivity index (χ3n) is 6.38. The minimum Gasteiger partial charge on any atom is -0.378 e. The number of halogens is 3. The lowest BCUT2D eigenvalue weighted by Gasteiger charge is -2.18. The largest absolute Gasteiger partial charge is 0.422 e. The molecule has 2 N–H and O–H groups in total. The van der Waals surface area contributed by atoms with Crippen LogP contribution in [0.15, 0.2) is 57.6 Å². The smallest absolute Gasteiger partial charge is 0.378 e. The zero-order valence-corrected chi connectivity index (χ0v) is 21.3. The molecule has 4 aromatic rings. The molecule has 204 valence electrons. The van der Waals surface area contributed by atoms with Crippen LogP contribution < -0.4 is 5.32 Å². The molecule has 0 saturated carbocycles. The van der Waals surface area contributed by atoms with Gasteiger partial charge in [-0.25, -0.2) is 8.42 Å². The summed E-state index contributed by atoms with van der Waals surface area (Å²) >= 11 is 0. The van der Waals surface area contributed by atoms with Crippen molar-refractivity contribution in [1.82, 2.24) is 15.6 Å². The summed E-state index contributed by atoms with van der Waals surface area (Å²) in [5.74, 6) is -1.17. The number of amides is 1. The SMILES string of the molecule is CS(=O)(=O)CCNC(=O)C(O)c1ccc2c(c1)CCc1c(-c3noc(-c4ccccc4)c3C(F)(F)F)noc1-2. The van der Waals surface area contributed by atoms with Gasteiger partial charge in [0, 0.05) is 29.5 Å². The van der Waals surface area contributed by atoms with Crippen LogP contribution >= 0.6 is 0 Å². The third-order valence-corrected chi connectivity index (χ3v) is 7.32. The van der Waals surface area contributed by atoms with E-state index in [0.717, 1.165) is 6.26 Å². The Morgan fingerprint density at radius 3 is 2.44 bits per heavy atom. The molecule has 1 amide bonds. The van der Waals surface area contributed by atoms with E-state index in [1.165, 1.54) is 18.2 Å². The van der Waals surface area contributed by atoms with Gasteiger partial charge >= 0.3 is 6.18 Å². The average Bonchev–Trinajstić information content (AvgIpc) is 3.52. The van der Waals surface area contributed by atoms with Crippen molar-refractivity contribution in [3.05, 3.63) is 70.8 Å². The summed E-state index contributed by atoms with van der Waals surface area (Å²) in [4.78, 5) is 12.3. The highest BCUT2D eigenvalue weighted by atomic mass is 32.2. The van der Waals surface area contributed by atoms with Crippen LogP contribution in [0.4, 0.5) is 13.2 Å². The van der Waals surface area contributed by atoms with Crippen LogP contribution in [0, 0.1) is 0 Å². The standard InChI is InChI=1S/C26H22F3N3O6S/c1-39(35,36)12-11-30-25(34)22(33)16-8-9-17-15(13-16)7-10-18-20(31-38-24(17)18)21-19(26(27,28)29)23(37-32-21)14-5-3-2-4-6-14/h2-6,8-9,13,22,33H,7,10-12H2,1H3,(H,30,34). The zero-order valence-electron chi connectivity index (χ0n) is 20.4. The summed E-state index contributed by atoms with van der Waals surface area (Å²) in [6, 6.07) is 12.5. The topological polar surface area (TPSA) is 136 Å². The van der Waals surface area contributed by atoms with Gasteiger partial charge in [-0.1, -0.05) is 58.8 Å². The van der Waals surface area contributed by atoms with Gasteiger partial charge < -0.3 is 19.5 Å². The van der Waals surface area contributed by atoms with Gasteiger partial charge in [-0.05, 0) is 24.0 Å². The van der Waals surface area contributed by atoms with E-state index in [1.807, 2.05) is 0 Å². The van der Waals surface area contributed by atoms with E-state index in [9.17, 15) is 31.5 Å². The highest BCUT2D eigenvalue weighted by Crippen LogP contribution is 2.46. The van der Waals surface area contributed by atoms with Crippen molar-refractivity contribution in [3.8, 4) is 34.0 Å². The van der Waals surface area contributed by atoms with Gasteiger partial charge in [0.25, 0.3) is 5.91 Å². The molecule has 1 aliphatic carbocycles. The number of fused-ring (bicyclic) bond motifs is 3. The lowest BCUT2D eigenvalue weighted by atomic mass is 9.87. The second kappa shape index (κ2) is 9.97. The third kappa shape index (κ3) is 5.32. The molecule has 9 nitrogen and oxygen atoms in total. The van der Waals surface area contributed by atoms with E-state index in [4.69, 9.17) is 9.05 Å². The van der Waals surface area contributed by atoms with Crippen LogP contribution in [0.2, 0.25) is 0 Å². The van der Waals surface area contributed by atoms with Gasteiger partial charge in [-0.15, -0.1) is 0 Å². The Balaban J connectivity index is 1.45. The molecule has 2 heterocycles. The highest BCUT2D eigenvalue weighted by Gasteiger charge is 2.43. The molecule has 13 heteroatoms. The number of carbonyl (C=O) groups excluding carboxylic acids is 1. The van der Waals surface area contributed by atoms with Crippen molar-refractivity contribution in [2.75, 3.05) is 18.6 Å². The van der Waals surface area contributed by atoms with Gasteiger partial charge in [0.1, 0.15) is 26.8 Å². The number of hydrogen-bond donors (Lipinski definition) is 2. The molecule has 0 saturated heterocycles. The number of hydrogen-bond acceptors (Lipinski definition) is 8. The van der Waals surface area contributed by atoms with E-state index < -0.39 is 45.0 Å². The van der Waals surface area contributed by atoms with Gasteiger partial charge in [0.15, 0.2) is 17.6 Å². The number of nitrogens with one attached hydrogen (secondary N) is 1. The zero-order chi connectivity index (χ0) is 27.9. The quantitative estimate of drug-likeness (QED) is 0.346. The number of sulfone groups is 1. The molecule has 2 aromatic carbocycles. The minimum absolute atomic E-state index is 0.0664. The van der Waals surface area contributed by atoms with Crippen molar-refractivity contribution >= 4 is 15.7 Å². The lowest BCUT2D eigenvalue weighted by molar-refractivity contribution is -0.136. The van der Waals surface area contributed by atoms with Gasteiger partial charge in [-0.2, -0.15) is 13.2 Å². The first-order valence-corrected chi connectivity index (χ1v) is 13.9. The summed E-state index contributed by atoms with van der Waals surface area (Å²) in [5, 5.41) is 20.5. The average molecular weight is 562 g/mol. The molecule has 39 heavy (non-hydrogen) atoms. The first-order valence-electron chi connectivity index (χ1n) is 11.8. The van der Waals surface area contributed by atoms with E-state index in [1.54, 1.807) is 30.3 Å². The number of benzene rings is 2. The number of aryl methyl sites for hydroxylation is 1. The number of aromatic nitrogens is 2. The molecule has 1 atom stereocenters. The number of rotatable bonds is 7. The molecule has 0 spiro atoms. The molecule has 2 aromatic heterocycles. The molecular formula is C26H22F3N3O6S. The molecule has 1 unspecified atom stereocenters. The van der Waals surface area contributed by atoms with Crippen molar-refractivity contribution < 1.29 is 40.5 Å². The minimum atomic E-state index is -4.77. The summed E-state index contributed by atoms with van der Waals surface area (Å²) in [6.07, 6.45) is -4.63. The van der Waals surface area contributed by atoms with Crippen LogP contribution in [-0.2, 0) is 33.6 Å². The fourth-order valence-corrected chi connectivity index (χ4v) is 4.99. The maximum atomic E-state index is 14.2. The monoisotopic (exact) mass is 561 g/mol. The summed E-state index contributed by atoms with van der Waals surface area (Å²) in [5.41, 5.74) is 0.616. The Bertz CT molecular complexity index is 1650. The Morgan fingerprint density at radius 1 is 1.05 bits per heavy atom.